The van der Waals surface area contributed by atoms with Crippen molar-refractivity contribution in [2.75, 3.05) is 0 Å². The Morgan fingerprint density at radius 1 is 0.935 bits per heavy atom. The van der Waals surface area contributed by atoms with E-state index in [-0.39, 0.29) is 0 Å². The number of allylic oxidation sites excluding steroid dienone is 2. The minimum atomic E-state index is -1.78. The Balaban J connectivity index is 1.75. The highest BCUT2D eigenvalue weighted by atomic mass is 28.3. The minimum Gasteiger partial charge on any atom is -0.323 e. The van der Waals surface area contributed by atoms with Gasteiger partial charge in [0.1, 0.15) is 5.82 Å². The molecule has 31 heavy (non-hydrogen) atoms. The van der Waals surface area contributed by atoms with Crippen LogP contribution in [0.15, 0.2) is 65.9 Å². The maximum Gasteiger partial charge on any atom is 0.155 e. The molecule has 0 amide bonds. The normalized spacial score (nSPS) is 18.7. The molecule has 0 saturated heterocycles. The number of fused-ring (bicyclic) bond motifs is 3. The van der Waals surface area contributed by atoms with Gasteiger partial charge in [0.25, 0.3) is 0 Å². The molecule has 1 aromatic heterocycles. The third-order valence-corrected chi connectivity index (χ3v) is 8.75. The predicted octanol–water partition coefficient (Wildman–Crippen LogP) is 6.15. The van der Waals surface area contributed by atoms with Gasteiger partial charge in [-0.25, -0.2) is 4.98 Å². The lowest BCUT2D eigenvalue weighted by Gasteiger charge is -2.35. The van der Waals surface area contributed by atoms with E-state index in [4.69, 9.17) is 4.98 Å². The first kappa shape index (κ1) is 20.2. The van der Waals surface area contributed by atoms with Crippen LogP contribution < -0.4 is 0 Å². The van der Waals surface area contributed by atoms with E-state index in [1.54, 1.807) is 0 Å². The maximum atomic E-state index is 13.1. The van der Waals surface area contributed by atoms with Crippen LogP contribution in [0.3, 0.4) is 0 Å². The molecular formula is C27H30N2OSi. The number of benzene rings is 2. The van der Waals surface area contributed by atoms with Gasteiger partial charge in [0.05, 0.1) is 13.8 Å². The Bertz CT molecular complexity index is 1150. The van der Waals surface area contributed by atoms with Crippen molar-refractivity contribution < 1.29 is 4.79 Å². The van der Waals surface area contributed by atoms with Crippen molar-refractivity contribution in [1.29, 1.82) is 0 Å². The van der Waals surface area contributed by atoms with Crippen molar-refractivity contribution in [3.63, 3.8) is 0 Å². The van der Waals surface area contributed by atoms with Gasteiger partial charge in [0, 0.05) is 24.2 Å². The molecule has 0 radical (unpaired) electrons. The number of carbonyl (C=O) groups excluding carboxylic acids is 1. The van der Waals surface area contributed by atoms with Crippen molar-refractivity contribution in [1.82, 2.24) is 9.55 Å². The molecule has 2 aliphatic carbocycles. The smallest absolute Gasteiger partial charge is 0.155 e. The first-order valence-corrected chi connectivity index (χ1v) is 14.9. The quantitative estimate of drug-likeness (QED) is 0.469. The van der Waals surface area contributed by atoms with Crippen LogP contribution in [-0.4, -0.2) is 23.4 Å². The molecule has 1 atom stereocenters. The van der Waals surface area contributed by atoms with Crippen molar-refractivity contribution in [3.8, 4) is 11.4 Å². The van der Waals surface area contributed by atoms with E-state index >= 15 is 0 Å². The fourth-order valence-electron chi connectivity index (χ4n) is 5.36. The lowest BCUT2D eigenvalue weighted by atomic mass is 9.77. The van der Waals surface area contributed by atoms with Gasteiger partial charge < -0.3 is 4.57 Å². The lowest BCUT2D eigenvalue weighted by Crippen LogP contribution is -2.36. The third-order valence-electron chi connectivity index (χ3n) is 6.70. The van der Waals surface area contributed by atoms with E-state index in [1.165, 1.54) is 16.8 Å². The van der Waals surface area contributed by atoms with Crippen LogP contribution >= 0.6 is 0 Å². The average Bonchev–Trinajstić information content (AvgIpc) is 3.13. The number of carbonyl (C=O) groups is 1. The molecule has 0 aliphatic heterocycles. The highest BCUT2D eigenvalue weighted by molar-refractivity contribution is 6.88. The molecule has 1 heterocycles. The van der Waals surface area contributed by atoms with E-state index in [9.17, 15) is 4.79 Å². The monoisotopic (exact) mass is 426 g/mol. The Hall–Kier alpha value is -2.72. The summed E-state index contributed by atoms with van der Waals surface area (Å²) in [6.07, 6.45) is 3.84. The topological polar surface area (TPSA) is 34.9 Å². The van der Waals surface area contributed by atoms with E-state index in [0.717, 1.165) is 48.1 Å². The van der Waals surface area contributed by atoms with Crippen LogP contribution in [0.1, 0.15) is 36.2 Å². The Morgan fingerprint density at radius 2 is 1.58 bits per heavy atom. The molecule has 0 fully saturated rings. The molecule has 5 rings (SSSR count). The van der Waals surface area contributed by atoms with Gasteiger partial charge in [-0.2, -0.15) is 0 Å². The zero-order valence-corrected chi connectivity index (χ0v) is 19.7. The molecule has 2 aliphatic rings. The van der Waals surface area contributed by atoms with Gasteiger partial charge in [-0.15, -0.1) is 0 Å². The van der Waals surface area contributed by atoms with Crippen LogP contribution in [0.5, 0.6) is 0 Å². The van der Waals surface area contributed by atoms with Gasteiger partial charge in [0.15, 0.2) is 5.78 Å². The standard InChI is InChI=1S/C27H30N2OSi/c1-31(2,3)26-23(30)17-15-20-14-16-22-25(24(20)26)28-27(21-12-8-5-9-13-21)29(22)18-19-10-6-4-7-11-19/h4-13,20H,14-18H2,1-3H3. The van der Waals surface area contributed by atoms with Crippen molar-refractivity contribution in [2.24, 2.45) is 5.92 Å². The van der Waals surface area contributed by atoms with E-state index in [1.807, 2.05) is 0 Å². The van der Waals surface area contributed by atoms with Gasteiger partial charge >= 0.3 is 0 Å². The summed E-state index contributed by atoms with van der Waals surface area (Å²) in [6.45, 7) is 7.73. The van der Waals surface area contributed by atoms with Crippen molar-refractivity contribution >= 4 is 19.4 Å². The fraction of sp³-hybridized carbons (Fsp3) is 0.333. The molecule has 4 heteroatoms. The first-order valence-electron chi connectivity index (χ1n) is 11.4. The number of aromatic nitrogens is 2. The predicted molar refractivity (Wildman–Crippen MR) is 130 cm³/mol. The molecule has 2 aromatic carbocycles. The van der Waals surface area contributed by atoms with Crippen LogP contribution in [0, 0.1) is 5.92 Å². The summed E-state index contributed by atoms with van der Waals surface area (Å²) in [7, 11) is -1.78. The van der Waals surface area contributed by atoms with E-state index in [0.29, 0.717) is 18.1 Å². The zero-order chi connectivity index (χ0) is 21.6. The summed E-state index contributed by atoms with van der Waals surface area (Å²) in [5, 5.41) is 1.15. The molecule has 0 N–H and O–H groups in total. The van der Waals surface area contributed by atoms with Crippen molar-refractivity contribution in [2.45, 2.75) is 51.9 Å². The molecule has 0 saturated carbocycles. The average molecular weight is 427 g/mol. The highest BCUT2D eigenvalue weighted by Gasteiger charge is 2.40. The van der Waals surface area contributed by atoms with Gasteiger partial charge in [0.2, 0.25) is 0 Å². The number of nitrogens with zero attached hydrogens (tertiary/aromatic N) is 2. The van der Waals surface area contributed by atoms with Gasteiger partial charge in [-0.3, -0.25) is 4.79 Å². The van der Waals surface area contributed by atoms with Crippen LogP contribution in [0.4, 0.5) is 0 Å². The Kier molecular flexibility index (Phi) is 5.05. The number of ketones is 1. The summed E-state index contributed by atoms with van der Waals surface area (Å²) in [5.74, 6) is 1.88. The summed E-state index contributed by atoms with van der Waals surface area (Å²) in [5.41, 5.74) is 6.12. The second-order valence-corrected chi connectivity index (χ2v) is 14.9. The molecule has 0 spiro atoms. The lowest BCUT2D eigenvalue weighted by molar-refractivity contribution is -0.115. The second-order valence-electron chi connectivity index (χ2n) is 9.90. The molecule has 3 nitrogen and oxygen atoms in total. The first-order chi connectivity index (χ1) is 14.9. The van der Waals surface area contributed by atoms with Gasteiger partial charge in [-0.1, -0.05) is 80.3 Å². The number of hydrogen-bond donors (Lipinski definition) is 0. The Morgan fingerprint density at radius 3 is 2.26 bits per heavy atom. The molecule has 3 aromatic rings. The summed E-state index contributed by atoms with van der Waals surface area (Å²) in [6, 6.07) is 21.1. The van der Waals surface area contributed by atoms with Crippen LogP contribution in [-0.2, 0) is 17.8 Å². The SMILES string of the molecule is C[Si](C)(C)C1=C2c3nc(-c4ccccc4)n(Cc4ccccc4)c3CCC2CCC1=O. The summed E-state index contributed by atoms with van der Waals surface area (Å²) >= 11 is 0. The minimum absolute atomic E-state index is 0.372. The fourth-order valence-corrected chi connectivity index (χ4v) is 7.45. The number of hydrogen-bond acceptors (Lipinski definition) is 2. The van der Waals surface area contributed by atoms with Crippen LogP contribution in [0.2, 0.25) is 19.6 Å². The summed E-state index contributed by atoms with van der Waals surface area (Å²) in [4.78, 5) is 18.4. The third kappa shape index (κ3) is 3.63. The van der Waals surface area contributed by atoms with Crippen LogP contribution in [0.25, 0.3) is 17.0 Å². The molecule has 1 unspecified atom stereocenters. The van der Waals surface area contributed by atoms with Gasteiger partial charge in [-0.05, 0) is 41.5 Å². The Labute approximate surface area is 185 Å². The highest BCUT2D eigenvalue weighted by Crippen LogP contribution is 2.46. The number of Topliss-reactive ketones (excluding diaryl/α,β-unsaturated/α-hetero) is 1. The van der Waals surface area contributed by atoms with E-state index in [2.05, 4.69) is 84.9 Å². The van der Waals surface area contributed by atoms with Crippen molar-refractivity contribution in [3.05, 3.63) is 82.8 Å². The largest absolute Gasteiger partial charge is 0.323 e. The number of rotatable bonds is 4. The second kappa shape index (κ2) is 7.76. The molecule has 158 valence electrons. The molecular weight excluding hydrogens is 396 g/mol. The van der Waals surface area contributed by atoms with E-state index < -0.39 is 8.07 Å². The molecule has 0 bridgehead atoms. The summed E-state index contributed by atoms with van der Waals surface area (Å²) < 4.78 is 2.41. The maximum absolute atomic E-state index is 13.1. The zero-order valence-electron chi connectivity index (χ0n) is 18.7. The number of imidazole rings is 1.